The van der Waals surface area contributed by atoms with Crippen LogP contribution in [0.5, 0.6) is 17.2 Å². The fourth-order valence-electron chi connectivity index (χ4n) is 2.36. The summed E-state index contributed by atoms with van der Waals surface area (Å²) in [5.41, 5.74) is 0.249. The second-order valence-electron chi connectivity index (χ2n) is 5.54. The molecule has 0 saturated carbocycles. The Kier molecular flexibility index (Phi) is 7.06. The number of methoxy groups -OCH3 is 3. The largest absolute Gasteiger partial charge is 0.493 e. The predicted octanol–water partition coefficient (Wildman–Crippen LogP) is 3.69. The zero-order chi connectivity index (χ0) is 20.8. The number of ether oxygens (including phenoxy) is 4. The monoisotopic (exact) mass is 411 g/mol. The lowest BCUT2D eigenvalue weighted by atomic mass is 10.1. The highest BCUT2D eigenvalue weighted by atomic mass is 35.5. The van der Waals surface area contributed by atoms with Gasteiger partial charge in [-0.25, -0.2) is 9.18 Å². The lowest BCUT2D eigenvalue weighted by Crippen LogP contribution is -2.30. The number of anilines is 1. The van der Waals surface area contributed by atoms with Gasteiger partial charge in [0.05, 0.1) is 32.0 Å². The van der Waals surface area contributed by atoms with Gasteiger partial charge in [-0.3, -0.25) is 4.79 Å². The lowest BCUT2D eigenvalue weighted by Gasteiger charge is -2.17. The molecule has 0 heterocycles. The summed E-state index contributed by atoms with van der Waals surface area (Å²) in [6.45, 7) is 1.39. The maximum absolute atomic E-state index is 13.1. The Morgan fingerprint density at radius 1 is 1.04 bits per heavy atom. The molecular formula is C19H19ClFNO6. The van der Waals surface area contributed by atoms with Crippen LogP contribution in [0.15, 0.2) is 30.3 Å². The summed E-state index contributed by atoms with van der Waals surface area (Å²) >= 11 is 5.88. The maximum atomic E-state index is 13.1. The molecule has 0 aliphatic carbocycles. The molecule has 1 atom stereocenters. The number of hydrogen-bond acceptors (Lipinski definition) is 6. The van der Waals surface area contributed by atoms with Crippen molar-refractivity contribution in [1.82, 2.24) is 0 Å². The van der Waals surface area contributed by atoms with Gasteiger partial charge in [0, 0.05) is 0 Å². The fraction of sp³-hybridized carbons (Fsp3) is 0.263. The summed E-state index contributed by atoms with van der Waals surface area (Å²) in [6, 6.07) is 6.46. The van der Waals surface area contributed by atoms with E-state index < -0.39 is 23.8 Å². The molecule has 0 aromatic heterocycles. The van der Waals surface area contributed by atoms with E-state index in [-0.39, 0.29) is 27.8 Å². The number of hydrogen-bond donors (Lipinski definition) is 1. The van der Waals surface area contributed by atoms with Crippen LogP contribution in [0.3, 0.4) is 0 Å². The van der Waals surface area contributed by atoms with Gasteiger partial charge in [-0.05, 0) is 37.3 Å². The number of benzene rings is 2. The third-order valence-corrected chi connectivity index (χ3v) is 4.08. The number of carbonyl (C=O) groups is 2. The first kappa shape index (κ1) is 21.3. The van der Waals surface area contributed by atoms with E-state index in [0.717, 1.165) is 12.1 Å². The zero-order valence-corrected chi connectivity index (χ0v) is 16.4. The van der Waals surface area contributed by atoms with E-state index in [1.165, 1.54) is 46.5 Å². The summed E-state index contributed by atoms with van der Waals surface area (Å²) in [5.74, 6) is -1.28. The van der Waals surface area contributed by atoms with E-state index in [2.05, 4.69) is 5.32 Å². The summed E-state index contributed by atoms with van der Waals surface area (Å²) < 4.78 is 33.9. The van der Waals surface area contributed by atoms with Gasteiger partial charge in [-0.15, -0.1) is 0 Å². The molecule has 2 rings (SSSR count). The van der Waals surface area contributed by atoms with Gasteiger partial charge < -0.3 is 24.3 Å². The molecule has 1 amide bonds. The molecule has 9 heteroatoms. The third-order valence-electron chi connectivity index (χ3n) is 3.77. The molecule has 0 aliphatic heterocycles. The first-order valence-corrected chi connectivity index (χ1v) is 8.46. The highest BCUT2D eigenvalue weighted by Crippen LogP contribution is 2.40. The fourth-order valence-corrected chi connectivity index (χ4v) is 2.58. The molecule has 0 unspecified atom stereocenters. The Morgan fingerprint density at radius 3 is 2.29 bits per heavy atom. The minimum absolute atomic E-state index is 0.0217. The minimum atomic E-state index is -1.16. The molecule has 0 aliphatic rings. The Balaban J connectivity index is 2.16. The van der Waals surface area contributed by atoms with Crippen molar-refractivity contribution >= 4 is 29.2 Å². The molecule has 0 radical (unpaired) electrons. The third kappa shape index (κ3) is 4.64. The summed E-state index contributed by atoms with van der Waals surface area (Å²) in [7, 11) is 4.21. The molecule has 0 saturated heterocycles. The summed E-state index contributed by atoms with van der Waals surface area (Å²) in [6.07, 6.45) is -1.16. The van der Waals surface area contributed by atoms with Crippen molar-refractivity contribution in [2.75, 3.05) is 26.6 Å². The number of nitrogens with one attached hydrogen (secondary N) is 1. The van der Waals surface area contributed by atoms with Crippen molar-refractivity contribution in [2.45, 2.75) is 13.0 Å². The van der Waals surface area contributed by atoms with Gasteiger partial charge in [-0.2, -0.15) is 0 Å². The molecule has 2 aromatic carbocycles. The summed E-state index contributed by atoms with van der Waals surface area (Å²) in [5, 5.41) is 2.49. The molecule has 0 bridgehead atoms. The van der Waals surface area contributed by atoms with Crippen LogP contribution in [-0.4, -0.2) is 39.3 Å². The van der Waals surface area contributed by atoms with E-state index >= 15 is 0 Å². The molecule has 1 N–H and O–H groups in total. The van der Waals surface area contributed by atoms with Crippen LogP contribution in [-0.2, 0) is 9.53 Å². The number of halogens is 2. The van der Waals surface area contributed by atoms with Crippen LogP contribution in [0.25, 0.3) is 0 Å². The quantitative estimate of drug-likeness (QED) is 0.700. The number of amides is 1. The van der Waals surface area contributed by atoms with Gasteiger partial charge in [0.15, 0.2) is 17.6 Å². The predicted molar refractivity (Wildman–Crippen MR) is 101 cm³/mol. The van der Waals surface area contributed by atoms with Crippen LogP contribution in [0.4, 0.5) is 10.1 Å². The van der Waals surface area contributed by atoms with E-state index in [0.29, 0.717) is 5.75 Å². The maximum Gasteiger partial charge on any atom is 0.342 e. The molecule has 7 nitrogen and oxygen atoms in total. The molecule has 0 fully saturated rings. The Bertz CT molecular complexity index is 889. The topological polar surface area (TPSA) is 83.1 Å². The second kappa shape index (κ2) is 9.27. The number of esters is 1. The molecular weight excluding hydrogens is 393 g/mol. The Labute approximate surface area is 166 Å². The lowest BCUT2D eigenvalue weighted by molar-refractivity contribution is -0.123. The second-order valence-corrected chi connectivity index (χ2v) is 5.95. The van der Waals surface area contributed by atoms with Gasteiger partial charge in [-0.1, -0.05) is 11.6 Å². The van der Waals surface area contributed by atoms with Gasteiger partial charge >= 0.3 is 5.97 Å². The highest BCUT2D eigenvalue weighted by Gasteiger charge is 2.25. The van der Waals surface area contributed by atoms with Crippen molar-refractivity contribution in [1.29, 1.82) is 0 Å². The van der Waals surface area contributed by atoms with Crippen LogP contribution in [0.1, 0.15) is 17.3 Å². The first-order chi connectivity index (χ1) is 13.3. The van der Waals surface area contributed by atoms with Crippen LogP contribution in [0, 0.1) is 5.82 Å². The molecule has 2 aromatic rings. The first-order valence-electron chi connectivity index (χ1n) is 8.08. The average Bonchev–Trinajstić information content (AvgIpc) is 2.68. The van der Waals surface area contributed by atoms with Crippen LogP contribution in [0.2, 0.25) is 5.02 Å². The number of rotatable bonds is 7. The van der Waals surface area contributed by atoms with Crippen molar-refractivity contribution in [3.63, 3.8) is 0 Å². The molecule has 0 spiro atoms. The Morgan fingerprint density at radius 2 is 1.71 bits per heavy atom. The van der Waals surface area contributed by atoms with E-state index in [9.17, 15) is 14.0 Å². The van der Waals surface area contributed by atoms with E-state index in [4.69, 9.17) is 30.5 Å². The smallest absolute Gasteiger partial charge is 0.342 e. The molecule has 28 heavy (non-hydrogen) atoms. The summed E-state index contributed by atoms with van der Waals surface area (Å²) in [4.78, 5) is 24.8. The molecule has 150 valence electrons. The Hall–Kier alpha value is -3.00. The van der Waals surface area contributed by atoms with Crippen molar-refractivity contribution in [3.05, 3.63) is 46.7 Å². The standard InChI is InChI=1S/C19H19ClFNO6/c1-10(18(23)22-14-7-5-11(21)9-13(14)20)28-19(24)12-6-8-15(25-2)17(27-4)16(12)26-3/h5-10H,1-4H3,(H,22,23)/t10-/m0/s1. The normalized spacial score (nSPS) is 11.4. The number of carbonyl (C=O) groups excluding carboxylic acids is 2. The highest BCUT2D eigenvalue weighted by molar-refractivity contribution is 6.33. The van der Waals surface area contributed by atoms with Crippen LogP contribution < -0.4 is 19.5 Å². The van der Waals surface area contributed by atoms with Crippen molar-refractivity contribution < 1.29 is 32.9 Å². The van der Waals surface area contributed by atoms with Gasteiger partial charge in [0.25, 0.3) is 5.91 Å². The minimum Gasteiger partial charge on any atom is -0.493 e. The van der Waals surface area contributed by atoms with E-state index in [1.807, 2.05) is 0 Å². The zero-order valence-electron chi connectivity index (χ0n) is 15.7. The van der Waals surface area contributed by atoms with Crippen molar-refractivity contribution in [2.24, 2.45) is 0 Å². The van der Waals surface area contributed by atoms with Crippen molar-refractivity contribution in [3.8, 4) is 17.2 Å². The average molecular weight is 412 g/mol. The van der Waals surface area contributed by atoms with Gasteiger partial charge in [0.2, 0.25) is 5.75 Å². The SMILES string of the molecule is COc1ccc(C(=O)O[C@@H](C)C(=O)Nc2ccc(F)cc2Cl)c(OC)c1OC. The van der Waals surface area contributed by atoms with Gasteiger partial charge in [0.1, 0.15) is 11.4 Å². The van der Waals surface area contributed by atoms with E-state index in [1.54, 1.807) is 0 Å². The van der Waals surface area contributed by atoms with Crippen LogP contribution >= 0.6 is 11.6 Å².